The molecule has 0 fully saturated rings. The summed E-state index contributed by atoms with van der Waals surface area (Å²) < 4.78 is 40.2. The summed E-state index contributed by atoms with van der Waals surface area (Å²) in [4.78, 5) is 11.5. The van der Waals surface area contributed by atoms with Gasteiger partial charge in [-0.3, -0.25) is 4.79 Å². The van der Waals surface area contributed by atoms with E-state index in [1.54, 1.807) is 12.1 Å². The summed E-state index contributed by atoms with van der Waals surface area (Å²) in [5, 5.41) is 0. The predicted molar refractivity (Wildman–Crippen MR) is 64.4 cm³/mol. The Kier molecular flexibility index (Phi) is 2.66. The van der Waals surface area contributed by atoms with Crippen molar-refractivity contribution in [3.05, 3.63) is 58.9 Å². The number of hydrogen-bond acceptors (Lipinski definition) is 1. The van der Waals surface area contributed by atoms with Crippen LogP contribution in [0.2, 0.25) is 0 Å². The molecule has 2 aromatic carbocycles. The maximum atomic E-state index is 13.7. The molecule has 0 atom stereocenters. The fourth-order valence-electron chi connectivity index (χ4n) is 2.43. The number of carbonyl (C=O) groups excluding carboxylic acids is 1. The highest BCUT2D eigenvalue weighted by atomic mass is 19.1. The van der Waals surface area contributed by atoms with Gasteiger partial charge >= 0.3 is 0 Å². The SMILES string of the molecule is O=C1CCc2cc(-c3c(F)cc(F)cc3F)ccc21. The van der Waals surface area contributed by atoms with E-state index in [2.05, 4.69) is 0 Å². The zero-order chi connectivity index (χ0) is 13.6. The van der Waals surface area contributed by atoms with Crippen molar-refractivity contribution >= 4 is 5.78 Å². The van der Waals surface area contributed by atoms with Crippen LogP contribution in [-0.2, 0) is 6.42 Å². The van der Waals surface area contributed by atoms with Crippen molar-refractivity contribution in [2.75, 3.05) is 0 Å². The molecule has 4 heteroatoms. The minimum absolute atomic E-state index is 0.0431. The molecule has 96 valence electrons. The second-order valence-electron chi connectivity index (χ2n) is 4.54. The minimum atomic E-state index is -0.949. The van der Waals surface area contributed by atoms with E-state index in [1.807, 2.05) is 0 Å². The molecule has 1 aliphatic carbocycles. The van der Waals surface area contributed by atoms with Gasteiger partial charge in [0.1, 0.15) is 17.5 Å². The third-order valence-electron chi connectivity index (χ3n) is 3.32. The van der Waals surface area contributed by atoms with Gasteiger partial charge in [0.2, 0.25) is 0 Å². The normalized spacial score (nSPS) is 13.7. The highest BCUT2D eigenvalue weighted by Crippen LogP contribution is 2.31. The first kappa shape index (κ1) is 12.0. The van der Waals surface area contributed by atoms with Crippen LogP contribution in [0.25, 0.3) is 11.1 Å². The fraction of sp³-hybridized carbons (Fsp3) is 0.133. The van der Waals surface area contributed by atoms with E-state index >= 15 is 0 Å². The molecule has 0 saturated heterocycles. The van der Waals surface area contributed by atoms with Gasteiger partial charge in [-0.1, -0.05) is 18.2 Å². The first-order valence-corrected chi connectivity index (χ1v) is 5.87. The van der Waals surface area contributed by atoms with E-state index in [0.29, 0.717) is 36.1 Å². The quantitative estimate of drug-likeness (QED) is 0.761. The maximum Gasteiger partial charge on any atom is 0.163 e. The number of halogens is 3. The highest BCUT2D eigenvalue weighted by molar-refractivity contribution is 6.00. The lowest BCUT2D eigenvalue weighted by Crippen LogP contribution is -1.95. The fourth-order valence-corrected chi connectivity index (χ4v) is 2.43. The molecule has 1 nitrogen and oxygen atoms in total. The molecule has 3 rings (SSSR count). The molecule has 0 bridgehead atoms. The van der Waals surface area contributed by atoms with Crippen LogP contribution < -0.4 is 0 Å². The molecule has 0 N–H and O–H groups in total. The summed E-state index contributed by atoms with van der Waals surface area (Å²) in [6, 6.07) is 5.96. The van der Waals surface area contributed by atoms with E-state index in [9.17, 15) is 18.0 Å². The number of Topliss-reactive ketones (excluding diaryl/α,β-unsaturated/α-hetero) is 1. The molecule has 19 heavy (non-hydrogen) atoms. The topological polar surface area (TPSA) is 17.1 Å². The number of fused-ring (bicyclic) bond motifs is 1. The lowest BCUT2D eigenvalue weighted by molar-refractivity contribution is 0.0994. The first-order chi connectivity index (χ1) is 9.06. The largest absolute Gasteiger partial charge is 0.294 e. The Labute approximate surface area is 107 Å². The van der Waals surface area contributed by atoms with Gasteiger partial charge in [0.05, 0.1) is 5.56 Å². The van der Waals surface area contributed by atoms with Crippen molar-refractivity contribution in [2.24, 2.45) is 0 Å². The number of aryl methyl sites for hydroxylation is 1. The Balaban J connectivity index is 2.16. The Morgan fingerprint density at radius 2 is 1.58 bits per heavy atom. The second kappa shape index (κ2) is 4.23. The minimum Gasteiger partial charge on any atom is -0.294 e. The lowest BCUT2D eigenvalue weighted by Gasteiger charge is -2.07. The van der Waals surface area contributed by atoms with Gasteiger partial charge in [0.15, 0.2) is 5.78 Å². The summed E-state index contributed by atoms with van der Waals surface area (Å²) in [5.74, 6) is -2.79. The first-order valence-electron chi connectivity index (χ1n) is 5.87. The number of ketones is 1. The summed E-state index contributed by atoms with van der Waals surface area (Å²) in [6.07, 6.45) is 1.000. The third kappa shape index (κ3) is 1.93. The molecule has 0 aromatic heterocycles. The van der Waals surface area contributed by atoms with Crippen LogP contribution in [0, 0.1) is 17.5 Å². The van der Waals surface area contributed by atoms with Crippen LogP contribution in [-0.4, -0.2) is 5.78 Å². The molecular weight excluding hydrogens is 253 g/mol. The Morgan fingerprint density at radius 1 is 0.895 bits per heavy atom. The average molecular weight is 262 g/mol. The van der Waals surface area contributed by atoms with Crippen molar-refractivity contribution in [3.63, 3.8) is 0 Å². The summed E-state index contributed by atoms with van der Waals surface area (Å²) in [6.45, 7) is 0. The number of rotatable bonds is 1. The standard InChI is InChI=1S/C15H9F3O/c16-10-6-12(17)15(13(18)7-10)9-1-3-11-8(5-9)2-4-14(11)19/h1,3,5-7H,2,4H2. The molecule has 0 unspecified atom stereocenters. The Hall–Kier alpha value is -2.10. The number of benzene rings is 2. The van der Waals surface area contributed by atoms with Crippen molar-refractivity contribution in [2.45, 2.75) is 12.8 Å². The summed E-state index contributed by atoms with van der Waals surface area (Å²) in [7, 11) is 0. The van der Waals surface area contributed by atoms with Gasteiger partial charge < -0.3 is 0 Å². The van der Waals surface area contributed by atoms with Crippen LogP contribution in [0.15, 0.2) is 30.3 Å². The monoisotopic (exact) mass is 262 g/mol. The maximum absolute atomic E-state index is 13.7. The van der Waals surface area contributed by atoms with Crippen molar-refractivity contribution < 1.29 is 18.0 Å². The van der Waals surface area contributed by atoms with Crippen LogP contribution in [0.5, 0.6) is 0 Å². The number of carbonyl (C=O) groups is 1. The van der Waals surface area contributed by atoms with Crippen molar-refractivity contribution in [1.29, 1.82) is 0 Å². The smallest absolute Gasteiger partial charge is 0.163 e. The van der Waals surface area contributed by atoms with Crippen molar-refractivity contribution in [3.8, 4) is 11.1 Å². The second-order valence-corrected chi connectivity index (χ2v) is 4.54. The van der Waals surface area contributed by atoms with E-state index in [0.717, 1.165) is 5.56 Å². The zero-order valence-electron chi connectivity index (χ0n) is 9.84. The van der Waals surface area contributed by atoms with Crippen LogP contribution in [0.3, 0.4) is 0 Å². The summed E-state index contributed by atoms with van der Waals surface area (Å²) >= 11 is 0. The lowest BCUT2D eigenvalue weighted by atomic mass is 9.99. The van der Waals surface area contributed by atoms with Gasteiger partial charge in [0, 0.05) is 24.1 Å². The van der Waals surface area contributed by atoms with E-state index in [4.69, 9.17) is 0 Å². The highest BCUT2D eigenvalue weighted by Gasteiger charge is 2.21. The van der Waals surface area contributed by atoms with Gasteiger partial charge in [-0.15, -0.1) is 0 Å². The molecule has 0 saturated carbocycles. The van der Waals surface area contributed by atoms with Crippen LogP contribution in [0.1, 0.15) is 22.3 Å². The van der Waals surface area contributed by atoms with Gasteiger partial charge in [0.25, 0.3) is 0 Å². The van der Waals surface area contributed by atoms with Crippen LogP contribution >= 0.6 is 0 Å². The Morgan fingerprint density at radius 3 is 2.26 bits per heavy atom. The van der Waals surface area contributed by atoms with Gasteiger partial charge in [-0.05, 0) is 17.5 Å². The van der Waals surface area contributed by atoms with Crippen LogP contribution in [0.4, 0.5) is 13.2 Å². The molecule has 0 aliphatic heterocycles. The van der Waals surface area contributed by atoms with E-state index in [-0.39, 0.29) is 11.3 Å². The molecular formula is C15H9F3O. The molecule has 0 amide bonds. The number of hydrogen-bond donors (Lipinski definition) is 0. The predicted octanol–water partition coefficient (Wildman–Crippen LogP) is 3.90. The van der Waals surface area contributed by atoms with E-state index < -0.39 is 17.5 Å². The summed E-state index contributed by atoms with van der Waals surface area (Å²) in [5.41, 5.74) is 1.45. The zero-order valence-corrected chi connectivity index (χ0v) is 9.84. The van der Waals surface area contributed by atoms with Crippen molar-refractivity contribution in [1.82, 2.24) is 0 Å². The molecule has 2 aromatic rings. The van der Waals surface area contributed by atoms with E-state index in [1.165, 1.54) is 6.07 Å². The molecule has 1 aliphatic rings. The van der Waals surface area contributed by atoms with Gasteiger partial charge in [-0.25, -0.2) is 13.2 Å². The average Bonchev–Trinajstić information content (AvgIpc) is 2.69. The third-order valence-corrected chi connectivity index (χ3v) is 3.32. The molecule has 0 spiro atoms. The molecule has 0 radical (unpaired) electrons. The molecule has 0 heterocycles. The Bertz CT molecular complexity index is 669. The van der Waals surface area contributed by atoms with Gasteiger partial charge in [-0.2, -0.15) is 0 Å².